The minimum Gasteiger partial charge on any atom is -0.391 e. The first-order valence-electron chi connectivity index (χ1n) is 8.27. The SMILES string of the molecule is O=C1CCCc2c1sc(Cc1ccc(I)cc1F)c2C(=O)NO[C@H](O)CO. The van der Waals surface area contributed by atoms with Gasteiger partial charge in [-0.2, -0.15) is 0 Å². The molecule has 0 unspecified atom stereocenters. The maximum absolute atomic E-state index is 14.3. The summed E-state index contributed by atoms with van der Waals surface area (Å²) in [6.07, 6.45) is 0.241. The van der Waals surface area contributed by atoms with Crippen molar-refractivity contribution in [2.45, 2.75) is 32.0 Å². The molecule has 0 saturated heterocycles. The summed E-state index contributed by atoms with van der Waals surface area (Å²) >= 11 is 3.22. The van der Waals surface area contributed by atoms with Crippen molar-refractivity contribution in [1.82, 2.24) is 5.48 Å². The summed E-state index contributed by atoms with van der Waals surface area (Å²) in [5, 5.41) is 18.1. The van der Waals surface area contributed by atoms with Gasteiger partial charge in [0.1, 0.15) is 5.82 Å². The van der Waals surface area contributed by atoms with Crippen LogP contribution in [0.25, 0.3) is 0 Å². The minimum absolute atomic E-state index is 0.0269. The number of hydrogen-bond donors (Lipinski definition) is 3. The lowest BCUT2D eigenvalue weighted by Crippen LogP contribution is -2.32. The van der Waals surface area contributed by atoms with Crippen LogP contribution in [0, 0.1) is 9.39 Å². The molecule has 1 heterocycles. The second-order valence-corrected chi connectivity index (χ2v) is 8.43. The maximum Gasteiger partial charge on any atom is 0.276 e. The van der Waals surface area contributed by atoms with Gasteiger partial charge in [-0.15, -0.1) is 11.3 Å². The second kappa shape index (κ2) is 8.74. The minimum atomic E-state index is -1.55. The maximum atomic E-state index is 14.3. The van der Waals surface area contributed by atoms with E-state index in [-0.39, 0.29) is 23.6 Å². The Bertz CT molecular complexity index is 885. The molecule has 0 fully saturated rings. The van der Waals surface area contributed by atoms with Gasteiger partial charge in [0.25, 0.3) is 5.91 Å². The number of thiophene rings is 1. The molecule has 27 heavy (non-hydrogen) atoms. The number of aliphatic hydroxyl groups excluding tert-OH is 2. The highest BCUT2D eigenvalue weighted by molar-refractivity contribution is 14.1. The molecule has 0 bridgehead atoms. The highest BCUT2D eigenvalue weighted by Crippen LogP contribution is 2.36. The van der Waals surface area contributed by atoms with Crippen LogP contribution in [0.4, 0.5) is 4.39 Å². The highest BCUT2D eigenvalue weighted by atomic mass is 127. The molecule has 1 aliphatic carbocycles. The number of rotatable bonds is 6. The van der Waals surface area contributed by atoms with E-state index in [0.717, 1.165) is 3.57 Å². The molecule has 144 valence electrons. The smallest absolute Gasteiger partial charge is 0.276 e. The van der Waals surface area contributed by atoms with E-state index in [2.05, 4.69) is 10.3 Å². The standard InChI is InChI=1S/C18H17FINO5S/c19-12-7-10(20)5-4-9(12)6-14-16(18(25)21-26-15(24)8-22)11-2-1-3-13(23)17(11)27-14/h4-5,7,15,22,24H,1-3,6,8H2,(H,21,25)/t15-/m0/s1. The number of carbonyl (C=O) groups excluding carboxylic acids is 2. The number of fused-ring (bicyclic) bond motifs is 1. The van der Waals surface area contributed by atoms with Crippen molar-refractivity contribution in [2.24, 2.45) is 0 Å². The first kappa shape index (κ1) is 20.3. The lowest BCUT2D eigenvalue weighted by atomic mass is 9.93. The molecular formula is C18H17FINO5S. The lowest BCUT2D eigenvalue weighted by Gasteiger charge is -2.14. The fourth-order valence-electron chi connectivity index (χ4n) is 2.96. The zero-order valence-corrected chi connectivity index (χ0v) is 17.1. The van der Waals surface area contributed by atoms with E-state index in [9.17, 15) is 19.1 Å². The largest absolute Gasteiger partial charge is 0.391 e. The van der Waals surface area contributed by atoms with Crippen LogP contribution >= 0.6 is 33.9 Å². The molecule has 3 N–H and O–H groups in total. The Kier molecular flexibility index (Phi) is 6.58. The topological polar surface area (TPSA) is 95.9 Å². The normalized spacial score (nSPS) is 14.7. The second-order valence-electron chi connectivity index (χ2n) is 6.08. The van der Waals surface area contributed by atoms with Gasteiger partial charge >= 0.3 is 0 Å². The fraction of sp³-hybridized carbons (Fsp3) is 0.333. The number of Topliss-reactive ketones (excluding diaryl/α,β-unsaturated/α-hetero) is 1. The number of benzene rings is 1. The van der Waals surface area contributed by atoms with Crippen molar-refractivity contribution in [3.8, 4) is 0 Å². The molecule has 0 saturated carbocycles. The van der Waals surface area contributed by atoms with Crippen molar-refractivity contribution in [3.63, 3.8) is 0 Å². The van der Waals surface area contributed by atoms with E-state index in [4.69, 9.17) is 5.11 Å². The van der Waals surface area contributed by atoms with Gasteiger partial charge in [-0.05, 0) is 58.7 Å². The number of aliphatic hydroxyl groups is 2. The molecular weight excluding hydrogens is 488 g/mol. The summed E-state index contributed by atoms with van der Waals surface area (Å²) in [6.45, 7) is -0.679. The fourth-order valence-corrected chi connectivity index (χ4v) is 4.75. The van der Waals surface area contributed by atoms with Gasteiger partial charge in [-0.3, -0.25) is 9.59 Å². The summed E-state index contributed by atoms with van der Waals surface area (Å²) in [5.74, 6) is -1.03. The third kappa shape index (κ3) is 4.54. The van der Waals surface area contributed by atoms with Crippen LogP contribution in [0.5, 0.6) is 0 Å². The lowest BCUT2D eigenvalue weighted by molar-refractivity contribution is -0.154. The molecule has 0 aliphatic heterocycles. The number of hydrogen-bond acceptors (Lipinski definition) is 6. The summed E-state index contributed by atoms with van der Waals surface area (Å²) < 4.78 is 15.0. The number of halogens is 2. The molecule has 0 spiro atoms. The molecule has 3 rings (SSSR count). The van der Waals surface area contributed by atoms with E-state index in [0.29, 0.717) is 40.1 Å². The Morgan fingerprint density at radius 2 is 2.19 bits per heavy atom. The number of carbonyl (C=O) groups is 2. The monoisotopic (exact) mass is 505 g/mol. The zero-order valence-electron chi connectivity index (χ0n) is 14.1. The van der Waals surface area contributed by atoms with Gasteiger partial charge in [0.2, 0.25) is 6.29 Å². The summed E-state index contributed by atoms with van der Waals surface area (Å²) in [6, 6.07) is 4.85. The van der Waals surface area contributed by atoms with Crippen molar-refractivity contribution in [3.05, 3.63) is 54.0 Å². The molecule has 1 amide bonds. The quantitative estimate of drug-likeness (QED) is 0.319. The van der Waals surface area contributed by atoms with Crippen molar-refractivity contribution in [1.29, 1.82) is 0 Å². The van der Waals surface area contributed by atoms with Gasteiger partial charge in [0.05, 0.1) is 17.0 Å². The summed E-state index contributed by atoms with van der Waals surface area (Å²) in [4.78, 5) is 30.7. The zero-order chi connectivity index (χ0) is 19.6. The van der Waals surface area contributed by atoms with E-state index in [1.165, 1.54) is 17.4 Å². The number of amides is 1. The van der Waals surface area contributed by atoms with Crippen molar-refractivity contribution >= 4 is 45.6 Å². The Morgan fingerprint density at radius 1 is 1.41 bits per heavy atom. The first-order valence-corrected chi connectivity index (χ1v) is 10.2. The Morgan fingerprint density at radius 3 is 2.89 bits per heavy atom. The van der Waals surface area contributed by atoms with Crippen LogP contribution in [-0.2, 0) is 17.7 Å². The summed E-state index contributed by atoms with van der Waals surface area (Å²) in [7, 11) is 0. The molecule has 1 aromatic carbocycles. The Balaban J connectivity index is 1.97. The van der Waals surface area contributed by atoms with Gasteiger partial charge < -0.3 is 10.2 Å². The van der Waals surface area contributed by atoms with Crippen LogP contribution in [0.3, 0.4) is 0 Å². The molecule has 6 nitrogen and oxygen atoms in total. The number of hydroxylamine groups is 1. The van der Waals surface area contributed by atoms with Crippen LogP contribution in [0.15, 0.2) is 18.2 Å². The Labute approximate surface area is 172 Å². The van der Waals surface area contributed by atoms with Crippen LogP contribution in [-0.4, -0.2) is 34.8 Å². The van der Waals surface area contributed by atoms with E-state index >= 15 is 0 Å². The van der Waals surface area contributed by atoms with Crippen molar-refractivity contribution in [2.75, 3.05) is 6.61 Å². The number of nitrogens with one attached hydrogen (secondary N) is 1. The number of ketones is 1. The predicted octanol–water partition coefficient (Wildman–Crippen LogP) is 2.57. The third-order valence-electron chi connectivity index (χ3n) is 4.20. The molecule has 9 heteroatoms. The van der Waals surface area contributed by atoms with Crippen molar-refractivity contribution < 1.29 is 29.0 Å². The highest BCUT2D eigenvalue weighted by Gasteiger charge is 2.30. The Hall–Kier alpha value is -1.40. The molecule has 1 aliphatic rings. The first-order chi connectivity index (χ1) is 12.9. The van der Waals surface area contributed by atoms with Gasteiger partial charge in [0, 0.05) is 21.3 Å². The molecule has 0 radical (unpaired) electrons. The van der Waals surface area contributed by atoms with Gasteiger partial charge in [-0.25, -0.2) is 14.7 Å². The van der Waals surface area contributed by atoms with Gasteiger partial charge in [0.15, 0.2) is 5.78 Å². The van der Waals surface area contributed by atoms with Crippen LogP contribution in [0.1, 0.15) is 48.9 Å². The summed E-state index contributed by atoms with van der Waals surface area (Å²) in [5.41, 5.74) is 3.44. The average Bonchev–Trinajstić information content (AvgIpc) is 3.01. The third-order valence-corrected chi connectivity index (χ3v) is 6.14. The van der Waals surface area contributed by atoms with E-state index < -0.39 is 18.8 Å². The van der Waals surface area contributed by atoms with E-state index in [1.54, 1.807) is 12.1 Å². The predicted molar refractivity (Wildman–Crippen MR) is 105 cm³/mol. The van der Waals surface area contributed by atoms with E-state index in [1.807, 2.05) is 22.6 Å². The van der Waals surface area contributed by atoms with Crippen LogP contribution in [0.2, 0.25) is 0 Å². The average molecular weight is 505 g/mol. The molecule has 1 aromatic heterocycles. The van der Waals surface area contributed by atoms with Gasteiger partial charge in [-0.1, -0.05) is 6.07 Å². The molecule has 2 aromatic rings. The molecule has 1 atom stereocenters. The van der Waals surface area contributed by atoms with Crippen LogP contribution < -0.4 is 5.48 Å².